The van der Waals surface area contributed by atoms with Crippen LogP contribution in [-0.4, -0.2) is 86.8 Å². The second-order valence-electron chi connectivity index (χ2n) is 8.55. The Balaban J connectivity index is 1.52. The first-order chi connectivity index (χ1) is 15.5. The molecular weight excluding hydrogens is 415 g/mol. The zero-order chi connectivity index (χ0) is 22.4. The van der Waals surface area contributed by atoms with E-state index in [0.29, 0.717) is 35.5 Å². The van der Waals surface area contributed by atoms with Crippen LogP contribution in [0.5, 0.6) is 5.88 Å². The lowest BCUT2D eigenvalue weighted by atomic mass is 10.3. The SMILES string of the molecule is CCc1cnc2c(Nc3cn(C4CCN(C)C4)nc3OC)nc(N3C[C@@H](N)[C@H](F)C3)nn12. The summed E-state index contributed by atoms with van der Waals surface area (Å²) in [5.41, 5.74) is 8.10. The van der Waals surface area contributed by atoms with Gasteiger partial charge < -0.3 is 25.6 Å². The molecule has 3 aromatic rings. The molecule has 0 spiro atoms. The lowest BCUT2D eigenvalue weighted by molar-refractivity contribution is 0.333. The second kappa shape index (κ2) is 8.17. The number of hydrogen-bond donors (Lipinski definition) is 2. The number of alkyl halides is 1. The largest absolute Gasteiger partial charge is 0.478 e. The number of anilines is 3. The number of aryl methyl sites for hydroxylation is 1. The number of methoxy groups -OCH3 is 1. The number of nitrogens with two attached hydrogens (primary N) is 1. The van der Waals surface area contributed by atoms with E-state index in [4.69, 9.17) is 10.5 Å². The lowest BCUT2D eigenvalue weighted by Crippen LogP contribution is -2.30. The van der Waals surface area contributed by atoms with E-state index >= 15 is 0 Å². The molecule has 0 aromatic carbocycles. The van der Waals surface area contributed by atoms with Crippen LogP contribution in [0.15, 0.2) is 12.4 Å². The number of likely N-dealkylation sites (tertiary alicyclic amines) is 1. The third kappa shape index (κ3) is 3.62. The molecule has 172 valence electrons. The van der Waals surface area contributed by atoms with Crippen LogP contribution in [-0.2, 0) is 6.42 Å². The number of rotatable bonds is 6. The van der Waals surface area contributed by atoms with Gasteiger partial charge in [-0.1, -0.05) is 6.92 Å². The minimum Gasteiger partial charge on any atom is -0.478 e. The molecule has 0 aliphatic carbocycles. The van der Waals surface area contributed by atoms with Gasteiger partial charge in [0.25, 0.3) is 5.88 Å². The summed E-state index contributed by atoms with van der Waals surface area (Å²) in [7, 11) is 3.70. The highest BCUT2D eigenvalue weighted by atomic mass is 19.1. The van der Waals surface area contributed by atoms with Crippen LogP contribution < -0.4 is 20.7 Å². The van der Waals surface area contributed by atoms with E-state index in [-0.39, 0.29) is 12.6 Å². The Kier molecular flexibility index (Phi) is 5.33. The predicted molar refractivity (Wildman–Crippen MR) is 118 cm³/mol. The normalized spacial score (nSPS) is 24.0. The van der Waals surface area contributed by atoms with Gasteiger partial charge in [-0.05, 0) is 26.4 Å². The molecular formula is C20H29FN10O. The van der Waals surface area contributed by atoms with Gasteiger partial charge in [-0.15, -0.1) is 10.2 Å². The Morgan fingerprint density at radius 3 is 2.78 bits per heavy atom. The van der Waals surface area contributed by atoms with Crippen LogP contribution in [0.3, 0.4) is 0 Å². The molecule has 12 heteroatoms. The number of imidazole rings is 1. The third-order valence-electron chi connectivity index (χ3n) is 6.24. The lowest BCUT2D eigenvalue weighted by Gasteiger charge is -2.17. The fraction of sp³-hybridized carbons (Fsp3) is 0.600. The fourth-order valence-electron chi connectivity index (χ4n) is 4.38. The highest BCUT2D eigenvalue weighted by molar-refractivity contribution is 5.73. The van der Waals surface area contributed by atoms with Crippen LogP contribution >= 0.6 is 0 Å². The summed E-state index contributed by atoms with van der Waals surface area (Å²) >= 11 is 0. The molecule has 3 atom stereocenters. The summed E-state index contributed by atoms with van der Waals surface area (Å²) < 4.78 is 23.3. The Labute approximate surface area is 185 Å². The van der Waals surface area contributed by atoms with E-state index in [2.05, 4.69) is 37.4 Å². The summed E-state index contributed by atoms with van der Waals surface area (Å²) in [4.78, 5) is 13.3. The number of likely N-dealkylation sites (N-methyl/N-ethyl adjacent to an activating group) is 1. The first kappa shape index (κ1) is 20.9. The van der Waals surface area contributed by atoms with Gasteiger partial charge in [-0.25, -0.2) is 13.9 Å². The Morgan fingerprint density at radius 1 is 1.28 bits per heavy atom. The predicted octanol–water partition coefficient (Wildman–Crippen LogP) is 0.997. The molecule has 2 aliphatic heterocycles. The van der Waals surface area contributed by atoms with Crippen molar-refractivity contribution in [3.05, 3.63) is 18.1 Å². The number of fused-ring (bicyclic) bond motifs is 1. The molecule has 0 bridgehead atoms. The minimum atomic E-state index is -1.11. The molecule has 3 N–H and O–H groups in total. The van der Waals surface area contributed by atoms with Crippen molar-refractivity contribution in [3.63, 3.8) is 0 Å². The molecule has 0 amide bonds. The van der Waals surface area contributed by atoms with Gasteiger partial charge in [0.15, 0.2) is 11.5 Å². The van der Waals surface area contributed by atoms with Gasteiger partial charge >= 0.3 is 0 Å². The maximum Gasteiger partial charge on any atom is 0.256 e. The van der Waals surface area contributed by atoms with Crippen molar-refractivity contribution in [2.45, 2.75) is 38.0 Å². The first-order valence-electron chi connectivity index (χ1n) is 10.9. The molecule has 2 saturated heterocycles. The van der Waals surface area contributed by atoms with E-state index < -0.39 is 12.2 Å². The summed E-state index contributed by atoms with van der Waals surface area (Å²) in [5.74, 6) is 1.39. The fourth-order valence-corrected chi connectivity index (χ4v) is 4.38. The monoisotopic (exact) mass is 444 g/mol. The molecule has 5 heterocycles. The number of nitrogens with zero attached hydrogens (tertiary/aromatic N) is 8. The highest BCUT2D eigenvalue weighted by Crippen LogP contribution is 2.31. The Hall–Kier alpha value is -2.99. The average Bonchev–Trinajstić information content (AvgIpc) is 3.55. The van der Waals surface area contributed by atoms with Gasteiger partial charge in [-0.2, -0.15) is 4.98 Å². The van der Waals surface area contributed by atoms with Crippen molar-refractivity contribution >= 4 is 23.1 Å². The topological polar surface area (TPSA) is 115 Å². The molecule has 3 aromatic heterocycles. The zero-order valence-corrected chi connectivity index (χ0v) is 18.6. The summed E-state index contributed by atoms with van der Waals surface area (Å²) in [6.07, 6.45) is 4.39. The van der Waals surface area contributed by atoms with Gasteiger partial charge in [0.05, 0.1) is 43.8 Å². The minimum absolute atomic E-state index is 0.165. The first-order valence-corrected chi connectivity index (χ1v) is 10.9. The molecule has 0 saturated carbocycles. The van der Waals surface area contributed by atoms with E-state index in [1.54, 1.807) is 22.7 Å². The number of halogens is 1. The number of hydrogen-bond acceptors (Lipinski definition) is 9. The van der Waals surface area contributed by atoms with Gasteiger partial charge in [0.2, 0.25) is 5.95 Å². The molecule has 2 aliphatic rings. The summed E-state index contributed by atoms with van der Waals surface area (Å²) in [5, 5.41) is 12.6. The smallest absolute Gasteiger partial charge is 0.256 e. The van der Waals surface area contributed by atoms with E-state index in [0.717, 1.165) is 31.6 Å². The molecule has 2 fully saturated rings. The third-order valence-corrected chi connectivity index (χ3v) is 6.24. The van der Waals surface area contributed by atoms with E-state index in [1.807, 2.05) is 17.8 Å². The van der Waals surface area contributed by atoms with Crippen molar-refractivity contribution in [1.82, 2.24) is 34.3 Å². The van der Waals surface area contributed by atoms with Crippen molar-refractivity contribution in [1.29, 1.82) is 0 Å². The maximum atomic E-state index is 14.1. The van der Waals surface area contributed by atoms with Crippen LogP contribution in [0.2, 0.25) is 0 Å². The maximum absolute atomic E-state index is 14.1. The molecule has 5 rings (SSSR count). The highest BCUT2D eigenvalue weighted by Gasteiger charge is 2.32. The molecule has 0 radical (unpaired) electrons. The van der Waals surface area contributed by atoms with Crippen molar-refractivity contribution in [2.24, 2.45) is 5.73 Å². The standard InChI is InChI=1S/C20H29FN10O/c1-4-12-7-23-18-17(25-20(27-31(12)18)29-9-14(21)15(22)10-29)24-16-11-30(26-19(16)32-3)13-5-6-28(2)8-13/h7,11,13-15H,4-6,8-10,22H2,1-3H3,(H,24,25,27)/t13?,14-,15-/m1/s1. The van der Waals surface area contributed by atoms with Crippen molar-refractivity contribution in [2.75, 3.05) is 50.6 Å². The van der Waals surface area contributed by atoms with Gasteiger partial charge in [0, 0.05) is 13.1 Å². The van der Waals surface area contributed by atoms with E-state index in [1.165, 1.54) is 0 Å². The quantitative estimate of drug-likeness (QED) is 0.574. The van der Waals surface area contributed by atoms with Crippen molar-refractivity contribution < 1.29 is 9.13 Å². The number of ether oxygens (including phenoxy) is 1. The van der Waals surface area contributed by atoms with Gasteiger partial charge in [-0.3, -0.25) is 4.68 Å². The molecule has 32 heavy (non-hydrogen) atoms. The number of aromatic nitrogens is 6. The molecule has 11 nitrogen and oxygen atoms in total. The Morgan fingerprint density at radius 2 is 2.12 bits per heavy atom. The van der Waals surface area contributed by atoms with Crippen LogP contribution in [0.4, 0.5) is 21.8 Å². The number of nitrogens with one attached hydrogen (secondary N) is 1. The second-order valence-corrected chi connectivity index (χ2v) is 8.55. The van der Waals surface area contributed by atoms with Gasteiger partial charge in [0.1, 0.15) is 11.9 Å². The molecule has 1 unspecified atom stereocenters. The zero-order valence-electron chi connectivity index (χ0n) is 18.6. The Bertz CT molecular complexity index is 1100. The van der Waals surface area contributed by atoms with Crippen molar-refractivity contribution in [3.8, 4) is 5.88 Å². The summed E-state index contributed by atoms with van der Waals surface area (Å²) in [6, 6.07) is -0.266. The van der Waals surface area contributed by atoms with E-state index in [9.17, 15) is 4.39 Å². The van der Waals surface area contributed by atoms with Crippen LogP contribution in [0.1, 0.15) is 25.1 Å². The van der Waals surface area contributed by atoms with Crippen LogP contribution in [0, 0.1) is 0 Å². The van der Waals surface area contributed by atoms with Crippen LogP contribution in [0.25, 0.3) is 5.65 Å². The average molecular weight is 445 g/mol. The summed E-state index contributed by atoms with van der Waals surface area (Å²) in [6.45, 7) is 4.53.